The van der Waals surface area contributed by atoms with Gasteiger partial charge in [0, 0.05) is 50.7 Å². The summed E-state index contributed by atoms with van der Waals surface area (Å²) in [7, 11) is 0. The summed E-state index contributed by atoms with van der Waals surface area (Å²) < 4.78 is 5.30. The SMILES string of the molecule is Cc1noc(C)c1CN1C[C@@H](C)[C@@]2(CCN(Cc3cccnc3)C2=O)C1. The highest BCUT2D eigenvalue weighted by molar-refractivity contribution is 5.86. The van der Waals surface area contributed by atoms with Gasteiger partial charge in [0.1, 0.15) is 5.76 Å². The molecule has 6 nitrogen and oxygen atoms in total. The van der Waals surface area contributed by atoms with Crippen LogP contribution in [0.4, 0.5) is 0 Å². The lowest BCUT2D eigenvalue weighted by Crippen LogP contribution is -2.39. The summed E-state index contributed by atoms with van der Waals surface area (Å²) >= 11 is 0. The number of carbonyl (C=O) groups excluding carboxylic acids is 1. The number of hydrogen-bond acceptors (Lipinski definition) is 5. The fourth-order valence-electron chi connectivity index (χ4n) is 4.58. The van der Waals surface area contributed by atoms with Crippen molar-refractivity contribution in [2.45, 2.75) is 40.3 Å². The van der Waals surface area contributed by atoms with Crippen molar-refractivity contribution in [1.29, 1.82) is 0 Å². The van der Waals surface area contributed by atoms with E-state index in [4.69, 9.17) is 4.52 Å². The third-order valence-corrected chi connectivity index (χ3v) is 6.18. The van der Waals surface area contributed by atoms with Crippen LogP contribution in [0.1, 0.15) is 35.9 Å². The molecule has 0 radical (unpaired) electrons. The average Bonchev–Trinajstić information content (AvgIpc) is 3.24. The minimum Gasteiger partial charge on any atom is -0.361 e. The molecule has 4 rings (SSSR count). The van der Waals surface area contributed by atoms with E-state index in [2.05, 4.69) is 22.0 Å². The van der Waals surface area contributed by atoms with Gasteiger partial charge in [-0.25, -0.2) is 0 Å². The van der Waals surface area contributed by atoms with Crippen LogP contribution in [0.25, 0.3) is 0 Å². The zero-order chi connectivity index (χ0) is 18.3. The fourth-order valence-corrected chi connectivity index (χ4v) is 4.58. The number of likely N-dealkylation sites (tertiary alicyclic amines) is 2. The molecule has 0 aliphatic carbocycles. The van der Waals surface area contributed by atoms with Crippen LogP contribution < -0.4 is 0 Å². The van der Waals surface area contributed by atoms with Crippen LogP contribution >= 0.6 is 0 Å². The van der Waals surface area contributed by atoms with Crippen LogP contribution in [0.2, 0.25) is 0 Å². The van der Waals surface area contributed by atoms with Crippen molar-refractivity contribution in [3.63, 3.8) is 0 Å². The quantitative estimate of drug-likeness (QED) is 0.844. The van der Waals surface area contributed by atoms with Crippen LogP contribution in [0.5, 0.6) is 0 Å². The third-order valence-electron chi connectivity index (χ3n) is 6.18. The highest BCUT2D eigenvalue weighted by atomic mass is 16.5. The van der Waals surface area contributed by atoms with E-state index in [-0.39, 0.29) is 5.41 Å². The first-order valence-electron chi connectivity index (χ1n) is 9.32. The number of carbonyl (C=O) groups is 1. The molecule has 2 aliphatic heterocycles. The van der Waals surface area contributed by atoms with Gasteiger partial charge in [0.05, 0.1) is 11.1 Å². The van der Waals surface area contributed by atoms with Gasteiger partial charge in [-0.3, -0.25) is 14.7 Å². The van der Waals surface area contributed by atoms with E-state index >= 15 is 0 Å². The molecule has 2 aromatic rings. The first kappa shape index (κ1) is 17.2. The zero-order valence-electron chi connectivity index (χ0n) is 15.7. The lowest BCUT2D eigenvalue weighted by atomic mass is 9.78. The minimum atomic E-state index is -0.249. The molecule has 1 amide bonds. The normalized spacial score (nSPS) is 26.3. The fraction of sp³-hybridized carbons (Fsp3) is 0.550. The lowest BCUT2D eigenvalue weighted by Gasteiger charge is -2.27. The molecular formula is C20H26N4O2. The molecule has 0 N–H and O–H groups in total. The van der Waals surface area contributed by atoms with Crippen LogP contribution in [0.3, 0.4) is 0 Å². The van der Waals surface area contributed by atoms with Gasteiger partial charge >= 0.3 is 0 Å². The van der Waals surface area contributed by atoms with E-state index < -0.39 is 0 Å². The second kappa shape index (κ2) is 6.50. The molecule has 2 saturated heterocycles. The van der Waals surface area contributed by atoms with Crippen molar-refractivity contribution in [1.82, 2.24) is 19.9 Å². The lowest BCUT2D eigenvalue weighted by molar-refractivity contribution is -0.137. The Morgan fingerprint density at radius 1 is 1.35 bits per heavy atom. The predicted molar refractivity (Wildman–Crippen MR) is 97.1 cm³/mol. The zero-order valence-corrected chi connectivity index (χ0v) is 15.7. The summed E-state index contributed by atoms with van der Waals surface area (Å²) in [6, 6.07) is 3.96. The van der Waals surface area contributed by atoms with E-state index in [1.54, 1.807) is 6.20 Å². The van der Waals surface area contributed by atoms with Crippen molar-refractivity contribution in [2.24, 2.45) is 11.3 Å². The van der Waals surface area contributed by atoms with Crippen molar-refractivity contribution in [3.8, 4) is 0 Å². The van der Waals surface area contributed by atoms with Crippen molar-refractivity contribution < 1.29 is 9.32 Å². The standard InChI is InChI=1S/C20H26N4O2/c1-14-10-23(12-18-15(2)22-26-16(18)3)13-20(14)6-8-24(19(20)25)11-17-5-4-7-21-9-17/h4-5,7,9,14H,6,8,10-13H2,1-3H3/t14-,20-/m1/s1. The summed E-state index contributed by atoms with van der Waals surface area (Å²) in [5.41, 5.74) is 2.95. The number of aryl methyl sites for hydroxylation is 2. The molecule has 2 atom stereocenters. The van der Waals surface area contributed by atoms with Crippen LogP contribution in [0.15, 0.2) is 29.0 Å². The Hall–Kier alpha value is -2.21. The summed E-state index contributed by atoms with van der Waals surface area (Å²) in [5, 5.41) is 4.06. The number of rotatable bonds is 4. The third kappa shape index (κ3) is 2.82. The first-order valence-corrected chi connectivity index (χ1v) is 9.32. The Bertz CT molecular complexity index is 784. The molecule has 0 bridgehead atoms. The Kier molecular flexibility index (Phi) is 4.31. The minimum absolute atomic E-state index is 0.249. The molecule has 1 spiro atoms. The number of amides is 1. The molecule has 0 saturated carbocycles. The summed E-state index contributed by atoms with van der Waals surface area (Å²) in [6.45, 7) is 10.2. The Morgan fingerprint density at radius 2 is 2.19 bits per heavy atom. The number of pyridine rings is 1. The molecule has 2 aliphatic rings. The molecule has 138 valence electrons. The highest BCUT2D eigenvalue weighted by Gasteiger charge is 2.54. The maximum absolute atomic E-state index is 13.3. The monoisotopic (exact) mass is 354 g/mol. The predicted octanol–water partition coefficient (Wildman–Crippen LogP) is 2.56. The summed E-state index contributed by atoms with van der Waals surface area (Å²) in [6.07, 6.45) is 4.55. The first-order chi connectivity index (χ1) is 12.5. The molecule has 0 unspecified atom stereocenters. The number of aromatic nitrogens is 2. The smallest absolute Gasteiger partial charge is 0.230 e. The Balaban J connectivity index is 1.48. The van der Waals surface area contributed by atoms with Crippen molar-refractivity contribution in [2.75, 3.05) is 19.6 Å². The van der Waals surface area contributed by atoms with Crippen LogP contribution in [-0.4, -0.2) is 45.5 Å². The van der Waals surface area contributed by atoms with Gasteiger partial charge in [-0.2, -0.15) is 0 Å². The second-order valence-corrected chi connectivity index (χ2v) is 7.87. The van der Waals surface area contributed by atoms with E-state index in [1.165, 1.54) is 0 Å². The van der Waals surface area contributed by atoms with E-state index in [1.807, 2.05) is 37.1 Å². The Labute approximate surface area is 154 Å². The topological polar surface area (TPSA) is 62.5 Å². The van der Waals surface area contributed by atoms with Gasteiger partial charge in [-0.15, -0.1) is 0 Å². The Morgan fingerprint density at radius 3 is 2.88 bits per heavy atom. The maximum Gasteiger partial charge on any atom is 0.230 e. The van der Waals surface area contributed by atoms with E-state index in [0.717, 1.165) is 55.2 Å². The molecule has 2 fully saturated rings. The molecular weight excluding hydrogens is 328 g/mol. The average molecular weight is 354 g/mol. The highest BCUT2D eigenvalue weighted by Crippen LogP contribution is 2.45. The van der Waals surface area contributed by atoms with Crippen LogP contribution in [0, 0.1) is 25.2 Å². The van der Waals surface area contributed by atoms with Crippen LogP contribution in [-0.2, 0) is 17.9 Å². The summed E-state index contributed by atoms with van der Waals surface area (Å²) in [5.74, 6) is 1.54. The molecule has 6 heteroatoms. The maximum atomic E-state index is 13.3. The van der Waals surface area contributed by atoms with Gasteiger partial charge in [0.25, 0.3) is 0 Å². The van der Waals surface area contributed by atoms with Gasteiger partial charge in [-0.05, 0) is 37.8 Å². The summed E-state index contributed by atoms with van der Waals surface area (Å²) in [4.78, 5) is 21.8. The van der Waals surface area contributed by atoms with Crippen molar-refractivity contribution in [3.05, 3.63) is 47.1 Å². The molecule has 26 heavy (non-hydrogen) atoms. The number of nitrogens with zero attached hydrogens (tertiary/aromatic N) is 4. The van der Waals surface area contributed by atoms with Gasteiger partial charge in [-0.1, -0.05) is 18.1 Å². The van der Waals surface area contributed by atoms with Gasteiger partial charge in [0.2, 0.25) is 5.91 Å². The van der Waals surface area contributed by atoms with E-state index in [9.17, 15) is 4.79 Å². The molecule has 0 aromatic carbocycles. The molecule has 2 aromatic heterocycles. The molecule has 4 heterocycles. The van der Waals surface area contributed by atoms with Crippen molar-refractivity contribution >= 4 is 5.91 Å². The van der Waals surface area contributed by atoms with Gasteiger partial charge in [0.15, 0.2) is 0 Å². The second-order valence-electron chi connectivity index (χ2n) is 7.87. The largest absolute Gasteiger partial charge is 0.361 e. The van der Waals surface area contributed by atoms with E-state index in [0.29, 0.717) is 18.4 Å². The number of hydrogen-bond donors (Lipinski definition) is 0. The van der Waals surface area contributed by atoms with Gasteiger partial charge < -0.3 is 9.42 Å².